The molecule has 0 aliphatic carbocycles. The summed E-state index contributed by atoms with van der Waals surface area (Å²) in [7, 11) is 2.06. The summed E-state index contributed by atoms with van der Waals surface area (Å²) >= 11 is 1.23. The van der Waals surface area contributed by atoms with E-state index in [1.807, 2.05) is 0 Å². The number of nitrogens with zero attached hydrogens (tertiary/aromatic N) is 4. The van der Waals surface area contributed by atoms with E-state index in [1.54, 1.807) is 30.3 Å². The molecule has 13 heteroatoms. The van der Waals surface area contributed by atoms with Gasteiger partial charge in [0.25, 0.3) is 5.91 Å². The summed E-state index contributed by atoms with van der Waals surface area (Å²) in [5, 5.41) is 5.87. The van der Waals surface area contributed by atoms with Crippen LogP contribution in [-0.2, 0) is 11.0 Å². The van der Waals surface area contributed by atoms with Crippen LogP contribution in [0, 0.1) is 0 Å². The molecule has 9 nitrogen and oxygen atoms in total. The van der Waals surface area contributed by atoms with E-state index in [2.05, 4.69) is 37.4 Å². The van der Waals surface area contributed by atoms with Crippen molar-refractivity contribution in [1.82, 2.24) is 19.8 Å². The molecule has 2 N–H and O–H groups in total. The first-order valence-corrected chi connectivity index (χ1v) is 13.2. The molecule has 3 heterocycles. The van der Waals surface area contributed by atoms with Gasteiger partial charge in [0.2, 0.25) is 11.8 Å². The first-order valence-electron chi connectivity index (χ1n) is 12.4. The lowest BCUT2D eigenvalue weighted by atomic mass is 10.1. The van der Waals surface area contributed by atoms with Crippen LogP contribution in [0.1, 0.15) is 15.9 Å². The largest absolute Gasteiger partial charge is 0.439 e. The molecule has 1 aliphatic heterocycles. The first-order chi connectivity index (χ1) is 19.1. The van der Waals surface area contributed by atoms with Crippen LogP contribution in [-0.4, -0.2) is 71.4 Å². The van der Waals surface area contributed by atoms with Crippen molar-refractivity contribution in [3.05, 3.63) is 71.8 Å². The second kappa shape index (κ2) is 11.6. The van der Waals surface area contributed by atoms with Gasteiger partial charge in [-0.05, 0) is 43.4 Å². The first kappa shape index (κ1) is 27.5. The number of thiazole rings is 1. The van der Waals surface area contributed by atoms with Gasteiger partial charge < -0.3 is 20.3 Å². The van der Waals surface area contributed by atoms with Gasteiger partial charge in [0.05, 0.1) is 12.1 Å². The number of hydrogen-bond donors (Lipinski definition) is 2. The van der Waals surface area contributed by atoms with E-state index in [-0.39, 0.29) is 17.4 Å². The number of carbonyl (C=O) groups is 2. The maximum atomic E-state index is 13.0. The zero-order valence-electron chi connectivity index (χ0n) is 21.4. The zero-order chi connectivity index (χ0) is 28.3. The molecule has 0 saturated carbocycles. The summed E-state index contributed by atoms with van der Waals surface area (Å²) in [6.45, 7) is 3.81. The predicted octanol–water partition coefficient (Wildman–Crippen LogP) is 4.94. The highest BCUT2D eigenvalue weighted by atomic mass is 32.1. The summed E-state index contributed by atoms with van der Waals surface area (Å²) in [6.07, 6.45) is -4.55. The minimum Gasteiger partial charge on any atom is -0.439 e. The van der Waals surface area contributed by atoms with Gasteiger partial charge in [-0.1, -0.05) is 23.5 Å². The molecule has 2 amide bonds. The molecule has 5 rings (SSSR count). The number of halogens is 3. The Morgan fingerprint density at radius 3 is 2.52 bits per heavy atom. The van der Waals surface area contributed by atoms with Crippen molar-refractivity contribution in [2.45, 2.75) is 6.18 Å². The number of benzene rings is 2. The van der Waals surface area contributed by atoms with Gasteiger partial charge in [0.1, 0.15) is 16.1 Å². The molecule has 1 saturated heterocycles. The second-order valence-electron chi connectivity index (χ2n) is 9.28. The van der Waals surface area contributed by atoms with Crippen molar-refractivity contribution in [2.24, 2.45) is 0 Å². The third-order valence-electron chi connectivity index (χ3n) is 6.21. The molecule has 0 atom stereocenters. The van der Waals surface area contributed by atoms with Crippen molar-refractivity contribution < 1.29 is 27.5 Å². The highest BCUT2D eigenvalue weighted by molar-refractivity contribution is 7.21. The van der Waals surface area contributed by atoms with Crippen LogP contribution in [0.2, 0.25) is 0 Å². The number of nitrogens with one attached hydrogen (secondary N) is 2. The Hall–Kier alpha value is -4.07. The number of fused-ring (bicyclic) bond motifs is 1. The second-order valence-corrected chi connectivity index (χ2v) is 10.3. The number of carbonyl (C=O) groups excluding carboxylic acids is 2. The Labute approximate surface area is 231 Å². The molecule has 208 valence electrons. The SMILES string of the molecule is CN1CCN(CC(=O)Nc2nc3ccc(Oc4cccc(NC(=O)c5cccc(C(F)(F)F)c5)c4)nc3s2)CC1. The smallest absolute Gasteiger partial charge is 0.416 e. The number of likely N-dealkylation sites (N-methyl/N-ethyl adjacent to an activating group) is 1. The van der Waals surface area contributed by atoms with Crippen LogP contribution in [0.15, 0.2) is 60.7 Å². The number of aromatic nitrogens is 2. The summed E-state index contributed by atoms with van der Waals surface area (Å²) in [4.78, 5) is 38.8. The summed E-state index contributed by atoms with van der Waals surface area (Å²) in [6, 6.07) is 14.0. The predicted molar refractivity (Wildman–Crippen MR) is 146 cm³/mol. The highest BCUT2D eigenvalue weighted by Crippen LogP contribution is 2.31. The molecule has 0 bridgehead atoms. The molecular weight excluding hydrogens is 545 g/mol. The van der Waals surface area contributed by atoms with Crippen molar-refractivity contribution in [3.63, 3.8) is 0 Å². The third kappa shape index (κ3) is 6.92. The molecule has 0 radical (unpaired) electrons. The Balaban J connectivity index is 1.22. The van der Waals surface area contributed by atoms with Crippen LogP contribution in [0.25, 0.3) is 10.3 Å². The average molecular weight is 571 g/mol. The van der Waals surface area contributed by atoms with Crippen LogP contribution < -0.4 is 15.4 Å². The average Bonchev–Trinajstić information content (AvgIpc) is 3.31. The topological polar surface area (TPSA) is 99.7 Å². The maximum absolute atomic E-state index is 13.0. The summed E-state index contributed by atoms with van der Waals surface area (Å²) < 4.78 is 44.8. The molecule has 4 aromatic rings. The molecule has 2 aromatic carbocycles. The quantitative estimate of drug-likeness (QED) is 0.325. The van der Waals surface area contributed by atoms with Crippen LogP contribution in [0.3, 0.4) is 0 Å². The number of rotatable bonds is 7. The van der Waals surface area contributed by atoms with E-state index < -0.39 is 17.6 Å². The van der Waals surface area contributed by atoms with Gasteiger partial charge in [0.15, 0.2) is 5.13 Å². The van der Waals surface area contributed by atoms with Gasteiger partial charge >= 0.3 is 6.18 Å². The van der Waals surface area contributed by atoms with Crippen molar-refractivity contribution in [3.8, 4) is 11.6 Å². The van der Waals surface area contributed by atoms with E-state index in [9.17, 15) is 22.8 Å². The fraction of sp³-hybridized carbons (Fsp3) is 0.259. The summed E-state index contributed by atoms with van der Waals surface area (Å²) in [5.74, 6) is -0.189. The third-order valence-corrected chi connectivity index (χ3v) is 7.09. The van der Waals surface area contributed by atoms with Crippen LogP contribution >= 0.6 is 11.3 Å². The van der Waals surface area contributed by atoms with E-state index in [1.165, 1.54) is 29.5 Å². The Morgan fingerprint density at radius 2 is 1.75 bits per heavy atom. The zero-order valence-corrected chi connectivity index (χ0v) is 22.2. The fourth-order valence-electron chi connectivity index (χ4n) is 4.08. The Bertz CT molecular complexity index is 1540. The van der Waals surface area contributed by atoms with E-state index in [4.69, 9.17) is 4.74 Å². The van der Waals surface area contributed by atoms with Gasteiger partial charge in [-0.3, -0.25) is 14.5 Å². The minimum atomic E-state index is -4.55. The Kier molecular flexibility index (Phi) is 7.96. The molecule has 0 unspecified atom stereocenters. The van der Waals surface area contributed by atoms with E-state index in [0.29, 0.717) is 33.5 Å². The Morgan fingerprint density at radius 1 is 0.975 bits per heavy atom. The van der Waals surface area contributed by atoms with E-state index in [0.717, 1.165) is 38.3 Å². The standard InChI is InChI=1S/C27H25F3N6O3S/c1-35-10-12-36(13-11-35)16-22(37)33-26-32-21-8-9-23(34-25(21)40-26)39-20-7-3-6-19(15-20)31-24(38)17-4-2-5-18(14-17)27(28,29)30/h2-9,14-15H,10-13,16H2,1H3,(H,31,38)(H,32,33,37). The molecule has 40 heavy (non-hydrogen) atoms. The van der Waals surface area contributed by atoms with Gasteiger partial charge in [0, 0.05) is 49.6 Å². The number of amides is 2. The molecule has 1 aliphatic rings. The van der Waals surface area contributed by atoms with E-state index >= 15 is 0 Å². The number of piperazine rings is 1. The summed E-state index contributed by atoms with van der Waals surface area (Å²) in [5.41, 5.74) is -0.0807. The lowest BCUT2D eigenvalue weighted by Gasteiger charge is -2.31. The number of pyridine rings is 1. The monoisotopic (exact) mass is 570 g/mol. The number of anilines is 2. The van der Waals surface area contributed by atoms with Gasteiger partial charge in [-0.2, -0.15) is 13.2 Å². The molecular formula is C27H25F3N6O3S. The number of ether oxygens (including phenoxy) is 1. The lowest BCUT2D eigenvalue weighted by molar-refractivity contribution is -0.137. The fourth-order valence-corrected chi connectivity index (χ4v) is 4.92. The molecule has 0 spiro atoms. The van der Waals surface area contributed by atoms with Crippen molar-refractivity contribution >= 4 is 44.3 Å². The van der Waals surface area contributed by atoms with Crippen LogP contribution in [0.4, 0.5) is 24.0 Å². The number of alkyl halides is 3. The molecule has 2 aromatic heterocycles. The normalized spacial score (nSPS) is 14.7. The number of hydrogen-bond acceptors (Lipinski definition) is 8. The van der Waals surface area contributed by atoms with Crippen LogP contribution in [0.5, 0.6) is 11.6 Å². The van der Waals surface area contributed by atoms with Gasteiger partial charge in [-0.25, -0.2) is 9.97 Å². The van der Waals surface area contributed by atoms with Crippen molar-refractivity contribution in [1.29, 1.82) is 0 Å². The lowest BCUT2D eigenvalue weighted by Crippen LogP contribution is -2.47. The highest BCUT2D eigenvalue weighted by Gasteiger charge is 2.31. The van der Waals surface area contributed by atoms with Gasteiger partial charge in [-0.15, -0.1) is 0 Å². The maximum Gasteiger partial charge on any atom is 0.416 e. The minimum absolute atomic E-state index is 0.120. The molecule has 1 fully saturated rings. The van der Waals surface area contributed by atoms with Crippen molar-refractivity contribution in [2.75, 3.05) is 50.4 Å².